The molecule has 1 saturated heterocycles. The van der Waals surface area contributed by atoms with Crippen LogP contribution in [0.3, 0.4) is 0 Å². The Kier molecular flexibility index (Phi) is 6.12. The molecule has 0 aliphatic carbocycles. The summed E-state index contributed by atoms with van der Waals surface area (Å²) in [6.07, 6.45) is 0.744. The van der Waals surface area contributed by atoms with E-state index in [-0.39, 0.29) is 17.8 Å². The number of halogens is 1. The monoisotopic (exact) mass is 373 g/mol. The number of rotatable bonds is 5. The molecule has 2 N–H and O–H groups in total. The van der Waals surface area contributed by atoms with Crippen molar-refractivity contribution < 1.29 is 14.0 Å². The molecule has 0 bridgehead atoms. The van der Waals surface area contributed by atoms with E-state index in [1.165, 1.54) is 40.9 Å². The minimum atomic E-state index is -0.503. The van der Waals surface area contributed by atoms with Gasteiger partial charge >= 0.3 is 6.03 Å². The number of hydrogen-bond donors (Lipinski definition) is 2. The van der Waals surface area contributed by atoms with Crippen LogP contribution in [-0.4, -0.2) is 41.1 Å². The van der Waals surface area contributed by atoms with Crippen molar-refractivity contribution in [1.82, 2.24) is 10.2 Å². The van der Waals surface area contributed by atoms with Crippen LogP contribution in [0.25, 0.3) is 0 Å². The second-order valence-corrected chi connectivity index (χ2v) is 6.95. The third-order valence-corrected chi connectivity index (χ3v) is 5.11. The van der Waals surface area contributed by atoms with Gasteiger partial charge in [0, 0.05) is 18.0 Å². The van der Waals surface area contributed by atoms with Crippen LogP contribution in [0.15, 0.2) is 54.6 Å². The highest BCUT2D eigenvalue weighted by atomic mass is 32.2. The van der Waals surface area contributed by atoms with E-state index in [1.54, 1.807) is 0 Å². The SMILES string of the molecule is O=C(NCCc1ccccc1)C1CSCN1C(=O)Nc1ccc(F)cc1. The molecule has 0 saturated carbocycles. The Morgan fingerprint density at radius 1 is 1.12 bits per heavy atom. The van der Waals surface area contributed by atoms with Crippen LogP contribution in [-0.2, 0) is 11.2 Å². The summed E-state index contributed by atoms with van der Waals surface area (Å²) in [5.41, 5.74) is 1.65. The quantitative estimate of drug-likeness (QED) is 0.847. The molecule has 3 rings (SSSR count). The molecule has 136 valence electrons. The number of benzene rings is 2. The first-order valence-corrected chi connectivity index (χ1v) is 9.51. The lowest BCUT2D eigenvalue weighted by molar-refractivity contribution is -0.124. The summed E-state index contributed by atoms with van der Waals surface area (Å²) in [4.78, 5) is 26.4. The third-order valence-electron chi connectivity index (χ3n) is 4.10. The van der Waals surface area contributed by atoms with Crippen LogP contribution >= 0.6 is 11.8 Å². The van der Waals surface area contributed by atoms with Gasteiger partial charge in [-0.05, 0) is 36.2 Å². The number of thioether (sulfide) groups is 1. The summed E-state index contributed by atoms with van der Waals surface area (Å²) >= 11 is 1.53. The third kappa shape index (κ3) is 4.76. The maximum atomic E-state index is 13.0. The molecule has 2 aromatic carbocycles. The maximum absolute atomic E-state index is 13.0. The van der Waals surface area contributed by atoms with Crippen molar-refractivity contribution in [2.24, 2.45) is 0 Å². The van der Waals surface area contributed by atoms with Crippen molar-refractivity contribution in [2.75, 3.05) is 23.5 Å². The fraction of sp³-hybridized carbons (Fsp3) is 0.263. The number of carbonyl (C=O) groups is 2. The van der Waals surface area contributed by atoms with Gasteiger partial charge in [-0.1, -0.05) is 30.3 Å². The Bertz CT molecular complexity index is 755. The number of carbonyl (C=O) groups excluding carboxylic acids is 2. The smallest absolute Gasteiger partial charge is 0.323 e. The standard InChI is InChI=1S/C19H20FN3O2S/c20-15-6-8-16(9-7-15)22-19(25)23-13-26-12-17(23)18(24)21-11-10-14-4-2-1-3-5-14/h1-9,17H,10-13H2,(H,21,24)(H,22,25). The first kappa shape index (κ1) is 18.3. The lowest BCUT2D eigenvalue weighted by Crippen LogP contribution is -2.49. The molecular formula is C19H20FN3O2S. The summed E-state index contributed by atoms with van der Waals surface area (Å²) < 4.78 is 13.0. The molecule has 1 atom stereocenters. The summed E-state index contributed by atoms with van der Waals surface area (Å²) in [7, 11) is 0. The maximum Gasteiger partial charge on any atom is 0.323 e. The number of urea groups is 1. The van der Waals surface area contributed by atoms with E-state index in [0.717, 1.165) is 12.0 Å². The van der Waals surface area contributed by atoms with Crippen molar-refractivity contribution in [3.8, 4) is 0 Å². The van der Waals surface area contributed by atoms with E-state index in [4.69, 9.17) is 0 Å². The second kappa shape index (κ2) is 8.71. The Labute approximate surface area is 156 Å². The van der Waals surface area contributed by atoms with Gasteiger partial charge in [-0.3, -0.25) is 4.79 Å². The Balaban J connectivity index is 1.52. The van der Waals surface area contributed by atoms with Gasteiger partial charge in [-0.15, -0.1) is 11.8 Å². The van der Waals surface area contributed by atoms with Crippen LogP contribution < -0.4 is 10.6 Å². The molecule has 1 fully saturated rings. The van der Waals surface area contributed by atoms with Gasteiger partial charge in [0.2, 0.25) is 5.91 Å². The topological polar surface area (TPSA) is 61.4 Å². The molecule has 5 nitrogen and oxygen atoms in total. The van der Waals surface area contributed by atoms with Crippen molar-refractivity contribution >= 4 is 29.4 Å². The largest absolute Gasteiger partial charge is 0.354 e. The van der Waals surface area contributed by atoms with Crippen molar-refractivity contribution in [3.63, 3.8) is 0 Å². The number of anilines is 1. The summed E-state index contributed by atoms with van der Waals surface area (Å²) in [6, 6.07) is 14.6. The molecule has 1 aliphatic rings. The zero-order chi connectivity index (χ0) is 18.4. The molecule has 2 aromatic rings. The van der Waals surface area contributed by atoms with Gasteiger partial charge in [-0.2, -0.15) is 0 Å². The highest BCUT2D eigenvalue weighted by molar-refractivity contribution is 7.99. The number of hydrogen-bond acceptors (Lipinski definition) is 3. The molecule has 0 radical (unpaired) electrons. The first-order chi connectivity index (χ1) is 12.6. The Hall–Kier alpha value is -2.54. The fourth-order valence-electron chi connectivity index (χ4n) is 2.68. The lowest BCUT2D eigenvalue weighted by atomic mass is 10.1. The molecule has 1 heterocycles. The fourth-order valence-corrected chi connectivity index (χ4v) is 3.83. The zero-order valence-electron chi connectivity index (χ0n) is 14.2. The minimum Gasteiger partial charge on any atom is -0.354 e. The van der Waals surface area contributed by atoms with Crippen LogP contribution in [0.4, 0.5) is 14.9 Å². The van der Waals surface area contributed by atoms with Crippen LogP contribution in [0, 0.1) is 5.82 Å². The van der Waals surface area contributed by atoms with Crippen LogP contribution in [0.2, 0.25) is 0 Å². The molecule has 0 aromatic heterocycles. The van der Waals surface area contributed by atoms with E-state index in [0.29, 0.717) is 23.9 Å². The Morgan fingerprint density at radius 2 is 1.85 bits per heavy atom. The van der Waals surface area contributed by atoms with E-state index >= 15 is 0 Å². The number of nitrogens with one attached hydrogen (secondary N) is 2. The normalized spacial score (nSPS) is 16.3. The predicted molar refractivity (Wildman–Crippen MR) is 102 cm³/mol. The average molecular weight is 373 g/mol. The molecule has 26 heavy (non-hydrogen) atoms. The predicted octanol–water partition coefficient (Wildman–Crippen LogP) is 3.09. The molecular weight excluding hydrogens is 353 g/mol. The minimum absolute atomic E-state index is 0.153. The molecule has 3 amide bonds. The van der Waals surface area contributed by atoms with E-state index in [2.05, 4.69) is 10.6 Å². The lowest BCUT2D eigenvalue weighted by Gasteiger charge is -2.23. The molecule has 7 heteroatoms. The number of nitrogens with zero attached hydrogens (tertiary/aromatic N) is 1. The summed E-state index contributed by atoms with van der Waals surface area (Å²) in [5, 5.41) is 5.61. The van der Waals surface area contributed by atoms with Crippen molar-refractivity contribution in [3.05, 3.63) is 66.0 Å². The first-order valence-electron chi connectivity index (χ1n) is 8.36. The van der Waals surface area contributed by atoms with E-state index < -0.39 is 6.04 Å². The van der Waals surface area contributed by atoms with E-state index in [1.807, 2.05) is 30.3 Å². The zero-order valence-corrected chi connectivity index (χ0v) is 15.0. The number of amides is 3. The van der Waals surface area contributed by atoms with Gasteiger partial charge in [-0.25, -0.2) is 9.18 Å². The Morgan fingerprint density at radius 3 is 2.58 bits per heavy atom. The van der Waals surface area contributed by atoms with Crippen LogP contribution in [0.1, 0.15) is 5.56 Å². The highest BCUT2D eigenvalue weighted by Crippen LogP contribution is 2.22. The van der Waals surface area contributed by atoms with Gasteiger partial charge in [0.15, 0.2) is 0 Å². The van der Waals surface area contributed by atoms with Gasteiger partial charge in [0.05, 0.1) is 5.88 Å². The molecule has 0 spiro atoms. The molecule has 1 aliphatic heterocycles. The van der Waals surface area contributed by atoms with E-state index in [9.17, 15) is 14.0 Å². The van der Waals surface area contributed by atoms with Crippen LogP contribution in [0.5, 0.6) is 0 Å². The van der Waals surface area contributed by atoms with Gasteiger partial charge < -0.3 is 15.5 Å². The highest BCUT2D eigenvalue weighted by Gasteiger charge is 2.34. The summed E-state index contributed by atoms with van der Waals surface area (Å²) in [6.45, 7) is 0.525. The average Bonchev–Trinajstić information content (AvgIpc) is 3.14. The molecule has 1 unspecified atom stereocenters. The van der Waals surface area contributed by atoms with Gasteiger partial charge in [0.1, 0.15) is 11.9 Å². The van der Waals surface area contributed by atoms with Crippen molar-refractivity contribution in [2.45, 2.75) is 12.5 Å². The van der Waals surface area contributed by atoms with Crippen molar-refractivity contribution in [1.29, 1.82) is 0 Å². The van der Waals surface area contributed by atoms with Gasteiger partial charge in [0.25, 0.3) is 0 Å². The summed E-state index contributed by atoms with van der Waals surface area (Å²) in [5.74, 6) is 0.494. The second-order valence-electron chi connectivity index (χ2n) is 5.95.